The van der Waals surface area contributed by atoms with Crippen LogP contribution in [-0.2, 0) is 6.54 Å². The van der Waals surface area contributed by atoms with Crippen molar-refractivity contribution in [3.8, 4) is 0 Å². The summed E-state index contributed by atoms with van der Waals surface area (Å²) in [5, 5.41) is 0. The summed E-state index contributed by atoms with van der Waals surface area (Å²) in [6, 6.07) is 8.77. The topological polar surface area (TPSA) is 3.24 Å². The van der Waals surface area contributed by atoms with Crippen molar-refractivity contribution in [1.29, 1.82) is 0 Å². The first-order valence-corrected chi connectivity index (χ1v) is 5.24. The molecule has 0 N–H and O–H groups in total. The molecule has 2 rings (SSSR count). The van der Waals surface area contributed by atoms with E-state index < -0.39 is 0 Å². The summed E-state index contributed by atoms with van der Waals surface area (Å²) in [5.74, 6) is 0. The average molecular weight is 187 g/mol. The molecule has 0 radical (unpaired) electrons. The summed E-state index contributed by atoms with van der Waals surface area (Å²) >= 11 is 0. The molecular weight excluding hydrogens is 170 g/mol. The highest BCUT2D eigenvalue weighted by Crippen LogP contribution is 2.21. The van der Waals surface area contributed by atoms with Gasteiger partial charge >= 0.3 is 0 Å². The maximum absolute atomic E-state index is 4.08. The first-order valence-electron chi connectivity index (χ1n) is 5.24. The molecule has 1 aliphatic rings. The van der Waals surface area contributed by atoms with Crippen LogP contribution in [0.15, 0.2) is 36.5 Å². The van der Waals surface area contributed by atoms with Crippen LogP contribution in [0.3, 0.4) is 0 Å². The van der Waals surface area contributed by atoms with Gasteiger partial charge in [-0.15, -0.1) is 0 Å². The van der Waals surface area contributed by atoms with Gasteiger partial charge in [-0.1, -0.05) is 36.4 Å². The Labute approximate surface area is 86.1 Å². The number of benzene rings is 1. The van der Waals surface area contributed by atoms with Gasteiger partial charge in [0.05, 0.1) is 0 Å². The van der Waals surface area contributed by atoms with Gasteiger partial charge in [0.2, 0.25) is 0 Å². The predicted molar refractivity (Wildman–Crippen MR) is 60.0 cm³/mol. The third-order valence-corrected chi connectivity index (χ3v) is 2.83. The fourth-order valence-electron chi connectivity index (χ4n) is 1.89. The molecule has 1 nitrogen and oxygen atoms in total. The van der Waals surface area contributed by atoms with Gasteiger partial charge in [-0.2, -0.15) is 0 Å². The number of allylic oxidation sites excluding steroid dienone is 1. The van der Waals surface area contributed by atoms with Crippen LogP contribution in [-0.4, -0.2) is 11.4 Å². The van der Waals surface area contributed by atoms with E-state index in [2.05, 4.69) is 42.7 Å². The zero-order chi connectivity index (χ0) is 9.97. The van der Waals surface area contributed by atoms with E-state index >= 15 is 0 Å². The molecule has 1 aliphatic heterocycles. The molecule has 0 unspecified atom stereocenters. The van der Waals surface area contributed by atoms with Gasteiger partial charge in [0.15, 0.2) is 0 Å². The Morgan fingerprint density at radius 1 is 1.29 bits per heavy atom. The minimum Gasteiger partial charge on any atom is -0.371 e. The maximum Gasteiger partial charge on any atom is 0.0426 e. The second kappa shape index (κ2) is 3.87. The van der Waals surface area contributed by atoms with Crippen molar-refractivity contribution in [2.24, 2.45) is 0 Å². The van der Waals surface area contributed by atoms with Crippen LogP contribution in [0.5, 0.6) is 0 Å². The highest BCUT2D eigenvalue weighted by Gasteiger charge is 2.14. The predicted octanol–water partition coefficient (Wildman–Crippen LogP) is 3.10. The van der Waals surface area contributed by atoms with E-state index in [1.807, 2.05) is 0 Å². The van der Waals surface area contributed by atoms with Crippen molar-refractivity contribution in [3.63, 3.8) is 0 Å². The molecule has 0 amide bonds. The molecule has 0 bridgehead atoms. The number of likely N-dealkylation sites (tertiary alicyclic amines) is 1. The summed E-state index contributed by atoms with van der Waals surface area (Å²) in [5.41, 5.74) is 4.01. The van der Waals surface area contributed by atoms with Crippen LogP contribution in [0.1, 0.15) is 24.0 Å². The SMILES string of the molecule is C=C1CCCN1Cc1ccc(C)cc1. The lowest BCUT2D eigenvalue weighted by Gasteiger charge is -2.19. The highest BCUT2D eigenvalue weighted by atomic mass is 15.1. The van der Waals surface area contributed by atoms with Gasteiger partial charge in [0.1, 0.15) is 0 Å². The number of rotatable bonds is 2. The Morgan fingerprint density at radius 3 is 2.57 bits per heavy atom. The third-order valence-electron chi connectivity index (χ3n) is 2.83. The second-order valence-corrected chi connectivity index (χ2v) is 4.08. The molecule has 0 aromatic heterocycles. The number of hydrogen-bond acceptors (Lipinski definition) is 1. The van der Waals surface area contributed by atoms with Crippen molar-refractivity contribution in [3.05, 3.63) is 47.7 Å². The zero-order valence-corrected chi connectivity index (χ0v) is 8.79. The quantitative estimate of drug-likeness (QED) is 0.687. The van der Waals surface area contributed by atoms with Gasteiger partial charge in [-0.05, 0) is 25.3 Å². The molecule has 0 aliphatic carbocycles. The fraction of sp³-hybridized carbons (Fsp3) is 0.385. The minimum atomic E-state index is 1.03. The van der Waals surface area contributed by atoms with Crippen LogP contribution >= 0.6 is 0 Å². The Kier molecular flexibility index (Phi) is 2.58. The van der Waals surface area contributed by atoms with Crippen molar-refractivity contribution >= 4 is 0 Å². The normalized spacial score (nSPS) is 16.4. The lowest BCUT2D eigenvalue weighted by Crippen LogP contribution is -2.16. The molecule has 1 aromatic rings. The van der Waals surface area contributed by atoms with E-state index in [-0.39, 0.29) is 0 Å². The first-order chi connectivity index (χ1) is 6.75. The number of hydrogen-bond donors (Lipinski definition) is 0. The van der Waals surface area contributed by atoms with Gasteiger partial charge in [0, 0.05) is 18.8 Å². The monoisotopic (exact) mass is 187 g/mol. The second-order valence-electron chi connectivity index (χ2n) is 4.08. The van der Waals surface area contributed by atoms with E-state index in [4.69, 9.17) is 0 Å². The largest absolute Gasteiger partial charge is 0.371 e. The van der Waals surface area contributed by atoms with E-state index in [1.54, 1.807) is 0 Å². The molecule has 14 heavy (non-hydrogen) atoms. The van der Waals surface area contributed by atoms with Crippen molar-refractivity contribution in [2.75, 3.05) is 6.54 Å². The molecule has 0 spiro atoms. The standard InChI is InChI=1S/C13H17N/c1-11-5-7-13(8-6-11)10-14-9-3-4-12(14)2/h5-8H,2-4,9-10H2,1H3. The number of nitrogens with zero attached hydrogens (tertiary/aromatic N) is 1. The summed E-state index contributed by atoms with van der Waals surface area (Å²) in [6.07, 6.45) is 2.44. The van der Waals surface area contributed by atoms with Crippen molar-refractivity contribution < 1.29 is 0 Å². The molecule has 0 saturated carbocycles. The van der Waals surface area contributed by atoms with E-state index in [9.17, 15) is 0 Å². The summed E-state index contributed by atoms with van der Waals surface area (Å²) < 4.78 is 0. The van der Waals surface area contributed by atoms with Gasteiger partial charge in [0.25, 0.3) is 0 Å². The number of aryl methyl sites for hydroxylation is 1. The van der Waals surface area contributed by atoms with E-state index in [0.29, 0.717) is 0 Å². The van der Waals surface area contributed by atoms with E-state index in [0.717, 1.165) is 6.54 Å². The third kappa shape index (κ3) is 1.98. The van der Waals surface area contributed by atoms with Gasteiger partial charge < -0.3 is 4.90 Å². The van der Waals surface area contributed by atoms with Crippen LogP contribution < -0.4 is 0 Å². The molecule has 74 valence electrons. The maximum atomic E-state index is 4.08. The molecular formula is C13H17N. The Balaban J connectivity index is 2.03. The molecule has 1 fully saturated rings. The Hall–Kier alpha value is -1.24. The minimum absolute atomic E-state index is 1.03. The Bertz CT molecular complexity index is 324. The lowest BCUT2D eigenvalue weighted by atomic mass is 10.1. The summed E-state index contributed by atoms with van der Waals surface area (Å²) in [4.78, 5) is 2.38. The highest BCUT2D eigenvalue weighted by molar-refractivity contribution is 5.22. The van der Waals surface area contributed by atoms with Crippen LogP contribution in [0.2, 0.25) is 0 Å². The first kappa shape index (κ1) is 9.32. The fourth-order valence-corrected chi connectivity index (χ4v) is 1.89. The van der Waals surface area contributed by atoms with E-state index in [1.165, 1.54) is 36.2 Å². The summed E-state index contributed by atoms with van der Waals surface area (Å²) in [6.45, 7) is 8.40. The Morgan fingerprint density at radius 2 is 2.00 bits per heavy atom. The lowest BCUT2D eigenvalue weighted by molar-refractivity contribution is 0.387. The van der Waals surface area contributed by atoms with Crippen LogP contribution in [0, 0.1) is 6.92 Å². The molecule has 0 atom stereocenters. The molecule has 1 saturated heterocycles. The van der Waals surface area contributed by atoms with Crippen LogP contribution in [0.25, 0.3) is 0 Å². The van der Waals surface area contributed by atoms with Crippen LogP contribution in [0.4, 0.5) is 0 Å². The van der Waals surface area contributed by atoms with Gasteiger partial charge in [-0.25, -0.2) is 0 Å². The molecule has 1 aromatic carbocycles. The average Bonchev–Trinajstić information content (AvgIpc) is 2.56. The van der Waals surface area contributed by atoms with Crippen molar-refractivity contribution in [1.82, 2.24) is 4.90 Å². The molecule has 1 heterocycles. The smallest absolute Gasteiger partial charge is 0.0426 e. The zero-order valence-electron chi connectivity index (χ0n) is 8.79. The van der Waals surface area contributed by atoms with Gasteiger partial charge in [-0.3, -0.25) is 0 Å². The van der Waals surface area contributed by atoms with Crippen molar-refractivity contribution in [2.45, 2.75) is 26.3 Å². The molecule has 1 heteroatoms. The summed E-state index contributed by atoms with van der Waals surface area (Å²) in [7, 11) is 0.